The van der Waals surface area contributed by atoms with Gasteiger partial charge in [-0.3, -0.25) is 4.99 Å². The van der Waals surface area contributed by atoms with E-state index in [-0.39, 0.29) is 0 Å². The van der Waals surface area contributed by atoms with Crippen LogP contribution in [0, 0.1) is 13.8 Å². The highest BCUT2D eigenvalue weighted by Gasteiger charge is 2.14. The minimum Gasteiger partial charge on any atom is -0.381 e. The topological polar surface area (TPSA) is 67.8 Å². The molecule has 7 heteroatoms. The van der Waals surface area contributed by atoms with Crippen LogP contribution in [0.1, 0.15) is 39.5 Å². The average molecular weight is 403 g/mol. The highest BCUT2D eigenvalue weighted by molar-refractivity contribution is 7.11. The summed E-state index contributed by atoms with van der Waals surface area (Å²) in [6, 6.07) is 8.50. The molecule has 1 aromatic carbocycles. The van der Waals surface area contributed by atoms with Crippen LogP contribution in [0.2, 0.25) is 0 Å². The molecular weight excluding hydrogens is 372 g/mol. The van der Waals surface area contributed by atoms with Crippen molar-refractivity contribution < 1.29 is 9.47 Å². The molecule has 2 aromatic rings. The molecule has 1 aliphatic rings. The zero-order valence-corrected chi connectivity index (χ0v) is 17.8. The molecule has 0 saturated carbocycles. The first-order valence-corrected chi connectivity index (χ1v) is 10.6. The summed E-state index contributed by atoms with van der Waals surface area (Å²) in [6.45, 7) is 7.79. The number of aromatic nitrogens is 1. The fourth-order valence-corrected chi connectivity index (χ4v) is 3.94. The van der Waals surface area contributed by atoms with Gasteiger partial charge in [-0.1, -0.05) is 24.3 Å². The number of benzene rings is 1. The van der Waals surface area contributed by atoms with Gasteiger partial charge in [0, 0.05) is 31.7 Å². The number of rotatable bonds is 7. The Hall–Kier alpha value is -1.96. The van der Waals surface area contributed by atoms with Gasteiger partial charge in [0.1, 0.15) is 5.01 Å². The molecular formula is C21H30N4O2S. The summed E-state index contributed by atoms with van der Waals surface area (Å²) >= 11 is 1.72. The number of aryl methyl sites for hydroxylation is 2. The van der Waals surface area contributed by atoms with E-state index in [9.17, 15) is 0 Å². The summed E-state index contributed by atoms with van der Waals surface area (Å²) in [5, 5.41) is 7.77. The van der Waals surface area contributed by atoms with Crippen molar-refractivity contribution in [3.63, 3.8) is 0 Å². The Morgan fingerprint density at radius 1 is 1.21 bits per heavy atom. The van der Waals surface area contributed by atoms with Crippen LogP contribution in [-0.2, 0) is 29.2 Å². The van der Waals surface area contributed by atoms with Crippen molar-refractivity contribution in [2.24, 2.45) is 4.99 Å². The first-order chi connectivity index (χ1) is 13.6. The van der Waals surface area contributed by atoms with Gasteiger partial charge in [0.05, 0.1) is 24.9 Å². The highest BCUT2D eigenvalue weighted by Crippen LogP contribution is 2.16. The van der Waals surface area contributed by atoms with Crippen LogP contribution in [-0.4, -0.2) is 37.3 Å². The van der Waals surface area contributed by atoms with Crippen LogP contribution in [0.15, 0.2) is 29.3 Å². The molecule has 0 atom stereocenters. The van der Waals surface area contributed by atoms with Crippen molar-refractivity contribution in [2.75, 3.05) is 20.3 Å². The summed E-state index contributed by atoms with van der Waals surface area (Å²) in [7, 11) is 1.78. The van der Waals surface area contributed by atoms with Crippen LogP contribution in [0.5, 0.6) is 0 Å². The number of hydrogen-bond acceptors (Lipinski definition) is 5. The molecule has 0 radical (unpaired) electrons. The number of thiazole rings is 1. The molecule has 1 aliphatic heterocycles. The molecule has 152 valence electrons. The first-order valence-electron chi connectivity index (χ1n) is 9.78. The van der Waals surface area contributed by atoms with Gasteiger partial charge in [-0.2, -0.15) is 0 Å². The third-order valence-corrected chi connectivity index (χ3v) is 5.88. The van der Waals surface area contributed by atoms with Gasteiger partial charge in [-0.05, 0) is 37.8 Å². The third-order valence-electron chi connectivity index (χ3n) is 4.81. The molecule has 0 spiro atoms. The lowest BCUT2D eigenvalue weighted by molar-refractivity contribution is -0.0390. The molecule has 2 heterocycles. The smallest absolute Gasteiger partial charge is 0.191 e. The van der Waals surface area contributed by atoms with Crippen molar-refractivity contribution >= 4 is 17.3 Å². The Morgan fingerprint density at radius 2 is 1.96 bits per heavy atom. The average Bonchev–Trinajstić information content (AvgIpc) is 3.05. The second kappa shape index (κ2) is 10.5. The number of hydrogen-bond donors (Lipinski definition) is 2. The molecule has 1 saturated heterocycles. The maximum absolute atomic E-state index is 6.03. The lowest BCUT2D eigenvalue weighted by atomic mass is 10.1. The van der Waals surface area contributed by atoms with Crippen LogP contribution in [0.3, 0.4) is 0 Å². The lowest BCUT2D eigenvalue weighted by Gasteiger charge is -2.22. The van der Waals surface area contributed by atoms with E-state index in [4.69, 9.17) is 9.47 Å². The minimum atomic E-state index is 0.316. The molecule has 0 unspecified atom stereocenters. The fourth-order valence-electron chi connectivity index (χ4n) is 3.07. The number of ether oxygens (including phenoxy) is 2. The van der Waals surface area contributed by atoms with E-state index < -0.39 is 0 Å². The van der Waals surface area contributed by atoms with Crippen molar-refractivity contribution in [1.82, 2.24) is 15.6 Å². The van der Waals surface area contributed by atoms with E-state index in [2.05, 4.69) is 51.8 Å². The van der Waals surface area contributed by atoms with Gasteiger partial charge in [0.25, 0.3) is 0 Å². The van der Waals surface area contributed by atoms with Crippen LogP contribution >= 0.6 is 11.3 Å². The zero-order chi connectivity index (χ0) is 19.8. The maximum Gasteiger partial charge on any atom is 0.191 e. The zero-order valence-electron chi connectivity index (χ0n) is 17.0. The number of guanidine groups is 1. The quantitative estimate of drug-likeness (QED) is 0.549. The molecule has 1 fully saturated rings. The molecule has 0 amide bonds. The molecule has 0 bridgehead atoms. The summed E-state index contributed by atoms with van der Waals surface area (Å²) in [5.74, 6) is 0.773. The van der Waals surface area contributed by atoms with E-state index in [1.807, 2.05) is 6.92 Å². The predicted molar refractivity (Wildman–Crippen MR) is 114 cm³/mol. The maximum atomic E-state index is 6.03. The molecule has 6 nitrogen and oxygen atoms in total. The Balaban J connectivity index is 1.45. The summed E-state index contributed by atoms with van der Waals surface area (Å²) in [6.07, 6.45) is 2.29. The molecule has 0 aliphatic carbocycles. The van der Waals surface area contributed by atoms with Crippen molar-refractivity contribution in [1.29, 1.82) is 0 Å². The first kappa shape index (κ1) is 20.8. The van der Waals surface area contributed by atoms with Gasteiger partial charge in [0.2, 0.25) is 0 Å². The number of aliphatic imine (C=N–C) groups is 1. The standard InChI is InChI=1S/C21H30N4O2S/c1-15-16(2)28-20(25-15)13-24-21(22-3)23-12-17-5-4-6-18(11-17)14-27-19-7-9-26-10-8-19/h4-6,11,19H,7-10,12-14H2,1-3H3,(H2,22,23,24). The monoisotopic (exact) mass is 402 g/mol. The van der Waals surface area contributed by atoms with E-state index in [1.54, 1.807) is 18.4 Å². The highest BCUT2D eigenvalue weighted by atomic mass is 32.1. The Kier molecular flexibility index (Phi) is 7.82. The summed E-state index contributed by atoms with van der Waals surface area (Å²) in [5.41, 5.74) is 3.50. The largest absolute Gasteiger partial charge is 0.381 e. The Labute approximate surface area is 171 Å². The van der Waals surface area contributed by atoms with Crippen molar-refractivity contribution in [3.8, 4) is 0 Å². The van der Waals surface area contributed by atoms with Crippen molar-refractivity contribution in [2.45, 2.75) is 52.5 Å². The summed E-state index contributed by atoms with van der Waals surface area (Å²) in [4.78, 5) is 10.1. The minimum absolute atomic E-state index is 0.316. The molecule has 28 heavy (non-hydrogen) atoms. The second-order valence-corrected chi connectivity index (χ2v) is 8.26. The number of nitrogens with zero attached hydrogens (tertiary/aromatic N) is 2. The Bertz CT molecular complexity index is 765. The summed E-state index contributed by atoms with van der Waals surface area (Å²) < 4.78 is 11.4. The van der Waals surface area contributed by atoms with E-state index in [0.717, 1.165) is 42.7 Å². The van der Waals surface area contributed by atoms with Gasteiger partial charge < -0.3 is 20.1 Å². The molecule has 1 aromatic heterocycles. The molecule has 2 N–H and O–H groups in total. The predicted octanol–water partition coefficient (Wildman–Crippen LogP) is 3.32. The van der Waals surface area contributed by atoms with Crippen LogP contribution in [0.25, 0.3) is 0 Å². The SMILES string of the molecule is CN=C(NCc1cccc(COC2CCOCC2)c1)NCc1nc(C)c(C)s1. The Morgan fingerprint density at radius 3 is 2.68 bits per heavy atom. The van der Waals surface area contributed by atoms with Crippen LogP contribution < -0.4 is 10.6 Å². The van der Waals surface area contributed by atoms with E-state index in [0.29, 0.717) is 25.8 Å². The third kappa shape index (κ3) is 6.29. The number of nitrogens with one attached hydrogen (secondary N) is 2. The second-order valence-electron chi connectivity index (χ2n) is 6.97. The van der Waals surface area contributed by atoms with Gasteiger partial charge in [0.15, 0.2) is 5.96 Å². The van der Waals surface area contributed by atoms with E-state index in [1.165, 1.54) is 16.0 Å². The van der Waals surface area contributed by atoms with Gasteiger partial charge >= 0.3 is 0 Å². The van der Waals surface area contributed by atoms with Crippen LogP contribution in [0.4, 0.5) is 0 Å². The molecule has 3 rings (SSSR count). The van der Waals surface area contributed by atoms with Gasteiger partial charge in [-0.25, -0.2) is 4.98 Å². The fraction of sp³-hybridized carbons (Fsp3) is 0.524. The normalized spacial score (nSPS) is 15.6. The lowest BCUT2D eigenvalue weighted by Crippen LogP contribution is -2.36. The van der Waals surface area contributed by atoms with Crippen molar-refractivity contribution in [3.05, 3.63) is 51.0 Å². The van der Waals surface area contributed by atoms with Gasteiger partial charge in [-0.15, -0.1) is 11.3 Å². The van der Waals surface area contributed by atoms with E-state index >= 15 is 0 Å².